The summed E-state index contributed by atoms with van der Waals surface area (Å²) in [5.74, 6) is -0.0106. The van der Waals surface area contributed by atoms with Gasteiger partial charge in [0.15, 0.2) is 0 Å². The summed E-state index contributed by atoms with van der Waals surface area (Å²) in [5, 5.41) is 2.79. The lowest BCUT2D eigenvalue weighted by Crippen LogP contribution is -2.30. The second-order valence-corrected chi connectivity index (χ2v) is 6.93. The standard InChI is InChI=1S/C13H18N2O3S/c1-10(2)14-13(16)11-5-3-6-12(9-11)15-7-4-8-19(15,17)18/h3,5-6,9-10H,4,7-8H2,1-2H3,(H,14,16). The van der Waals surface area contributed by atoms with Gasteiger partial charge in [-0.05, 0) is 38.5 Å². The maximum absolute atomic E-state index is 11.9. The summed E-state index contributed by atoms with van der Waals surface area (Å²) in [7, 11) is -3.20. The first-order valence-electron chi connectivity index (χ1n) is 6.31. The van der Waals surface area contributed by atoms with E-state index in [2.05, 4.69) is 5.32 Å². The first-order chi connectivity index (χ1) is 8.90. The van der Waals surface area contributed by atoms with Crippen molar-refractivity contribution in [3.05, 3.63) is 29.8 Å². The summed E-state index contributed by atoms with van der Waals surface area (Å²) in [4.78, 5) is 11.9. The van der Waals surface area contributed by atoms with Crippen molar-refractivity contribution in [2.45, 2.75) is 26.3 Å². The Labute approximate surface area is 113 Å². The molecule has 2 rings (SSSR count). The molecule has 0 aliphatic carbocycles. The molecule has 1 aliphatic rings. The molecule has 1 fully saturated rings. The molecule has 104 valence electrons. The molecule has 1 aliphatic heterocycles. The number of hydrogen-bond donors (Lipinski definition) is 1. The molecule has 0 radical (unpaired) electrons. The maximum Gasteiger partial charge on any atom is 0.251 e. The quantitative estimate of drug-likeness (QED) is 0.910. The molecule has 0 aromatic heterocycles. The first-order valence-corrected chi connectivity index (χ1v) is 7.92. The highest BCUT2D eigenvalue weighted by Gasteiger charge is 2.28. The molecule has 1 aromatic rings. The second-order valence-electron chi connectivity index (χ2n) is 4.92. The minimum absolute atomic E-state index is 0.0478. The molecule has 0 atom stereocenters. The Hall–Kier alpha value is -1.56. The zero-order valence-corrected chi connectivity index (χ0v) is 11.9. The SMILES string of the molecule is CC(C)NC(=O)c1cccc(N2CCCS2(=O)=O)c1. The summed E-state index contributed by atoms with van der Waals surface area (Å²) in [6, 6.07) is 6.78. The van der Waals surface area contributed by atoms with E-state index in [-0.39, 0.29) is 17.7 Å². The molecule has 1 heterocycles. The summed E-state index contributed by atoms with van der Waals surface area (Å²) in [5.41, 5.74) is 1.04. The highest BCUT2D eigenvalue weighted by molar-refractivity contribution is 7.93. The van der Waals surface area contributed by atoms with Crippen molar-refractivity contribution < 1.29 is 13.2 Å². The summed E-state index contributed by atoms with van der Waals surface area (Å²) in [6.45, 7) is 4.25. The van der Waals surface area contributed by atoms with E-state index in [0.29, 0.717) is 24.2 Å². The number of nitrogens with zero attached hydrogens (tertiary/aromatic N) is 1. The third-order valence-electron chi connectivity index (χ3n) is 2.92. The third-order valence-corrected chi connectivity index (χ3v) is 4.78. The van der Waals surface area contributed by atoms with E-state index in [1.807, 2.05) is 13.8 Å². The van der Waals surface area contributed by atoms with Gasteiger partial charge in [-0.1, -0.05) is 6.07 Å². The molecule has 19 heavy (non-hydrogen) atoms. The van der Waals surface area contributed by atoms with Gasteiger partial charge in [0.05, 0.1) is 11.4 Å². The number of carbonyl (C=O) groups excluding carboxylic acids is 1. The zero-order valence-electron chi connectivity index (χ0n) is 11.1. The van der Waals surface area contributed by atoms with Crippen molar-refractivity contribution in [1.82, 2.24) is 5.32 Å². The van der Waals surface area contributed by atoms with E-state index in [0.717, 1.165) is 0 Å². The van der Waals surface area contributed by atoms with Crippen molar-refractivity contribution in [2.75, 3.05) is 16.6 Å². The van der Waals surface area contributed by atoms with Crippen LogP contribution in [0.3, 0.4) is 0 Å². The van der Waals surface area contributed by atoms with E-state index in [1.54, 1.807) is 24.3 Å². The van der Waals surface area contributed by atoms with E-state index in [1.165, 1.54) is 4.31 Å². The van der Waals surface area contributed by atoms with Crippen LogP contribution in [-0.4, -0.2) is 32.7 Å². The fourth-order valence-corrected chi connectivity index (χ4v) is 3.63. The normalized spacial score (nSPS) is 17.7. The minimum atomic E-state index is -3.20. The van der Waals surface area contributed by atoms with Crippen LogP contribution in [-0.2, 0) is 10.0 Å². The molecule has 5 nitrogen and oxygen atoms in total. The molecule has 1 N–H and O–H groups in total. The van der Waals surface area contributed by atoms with Gasteiger partial charge in [-0.15, -0.1) is 0 Å². The number of rotatable bonds is 3. The van der Waals surface area contributed by atoms with Crippen LogP contribution in [0.15, 0.2) is 24.3 Å². The smallest absolute Gasteiger partial charge is 0.251 e. The molecule has 6 heteroatoms. The third kappa shape index (κ3) is 3.07. The van der Waals surface area contributed by atoms with Crippen LogP contribution in [0.2, 0.25) is 0 Å². The van der Waals surface area contributed by atoms with Gasteiger partial charge in [-0.25, -0.2) is 8.42 Å². The molecule has 0 unspecified atom stereocenters. The van der Waals surface area contributed by atoms with E-state index in [9.17, 15) is 13.2 Å². The number of nitrogens with one attached hydrogen (secondary N) is 1. The fourth-order valence-electron chi connectivity index (χ4n) is 2.08. The van der Waals surface area contributed by atoms with Gasteiger partial charge >= 0.3 is 0 Å². The highest BCUT2D eigenvalue weighted by atomic mass is 32.2. The van der Waals surface area contributed by atoms with E-state index < -0.39 is 10.0 Å². The molecule has 0 saturated carbocycles. The molecular formula is C13H18N2O3S. The van der Waals surface area contributed by atoms with Crippen molar-refractivity contribution in [1.29, 1.82) is 0 Å². The van der Waals surface area contributed by atoms with Crippen LogP contribution in [0.4, 0.5) is 5.69 Å². The molecular weight excluding hydrogens is 264 g/mol. The summed E-state index contributed by atoms with van der Waals surface area (Å²) in [6.07, 6.45) is 0.630. The van der Waals surface area contributed by atoms with Crippen LogP contribution >= 0.6 is 0 Å². The zero-order chi connectivity index (χ0) is 14.0. The number of sulfonamides is 1. The average Bonchev–Trinajstić information content (AvgIpc) is 2.68. The Bertz CT molecular complexity index is 581. The number of carbonyl (C=O) groups is 1. The average molecular weight is 282 g/mol. The predicted molar refractivity (Wildman–Crippen MR) is 74.8 cm³/mol. The minimum Gasteiger partial charge on any atom is -0.350 e. The molecule has 1 amide bonds. The molecule has 0 bridgehead atoms. The van der Waals surface area contributed by atoms with E-state index in [4.69, 9.17) is 0 Å². The van der Waals surface area contributed by atoms with Gasteiger partial charge < -0.3 is 5.32 Å². The largest absolute Gasteiger partial charge is 0.350 e. The number of benzene rings is 1. The Morgan fingerprint density at radius 1 is 1.37 bits per heavy atom. The van der Waals surface area contributed by atoms with Crippen molar-refractivity contribution in [3.63, 3.8) is 0 Å². The Balaban J connectivity index is 2.27. The Morgan fingerprint density at radius 3 is 2.68 bits per heavy atom. The van der Waals surface area contributed by atoms with Gasteiger partial charge in [-0.3, -0.25) is 9.10 Å². The van der Waals surface area contributed by atoms with Crippen LogP contribution in [0.25, 0.3) is 0 Å². The molecule has 1 saturated heterocycles. The van der Waals surface area contributed by atoms with Crippen LogP contribution in [0, 0.1) is 0 Å². The van der Waals surface area contributed by atoms with Crippen LogP contribution in [0.5, 0.6) is 0 Å². The van der Waals surface area contributed by atoms with Gasteiger partial charge in [-0.2, -0.15) is 0 Å². The topological polar surface area (TPSA) is 66.5 Å². The lowest BCUT2D eigenvalue weighted by molar-refractivity contribution is 0.0943. The van der Waals surface area contributed by atoms with Gasteiger partial charge in [0, 0.05) is 18.2 Å². The van der Waals surface area contributed by atoms with Crippen LogP contribution < -0.4 is 9.62 Å². The lowest BCUT2D eigenvalue weighted by Gasteiger charge is -2.17. The summed E-state index contributed by atoms with van der Waals surface area (Å²) < 4.78 is 25.1. The second kappa shape index (κ2) is 5.21. The number of amides is 1. The summed E-state index contributed by atoms with van der Waals surface area (Å²) >= 11 is 0. The monoisotopic (exact) mass is 282 g/mol. The fraction of sp³-hybridized carbons (Fsp3) is 0.462. The van der Waals surface area contributed by atoms with Gasteiger partial charge in [0.25, 0.3) is 5.91 Å². The van der Waals surface area contributed by atoms with Crippen LogP contribution in [0.1, 0.15) is 30.6 Å². The Morgan fingerprint density at radius 2 is 2.11 bits per heavy atom. The lowest BCUT2D eigenvalue weighted by atomic mass is 10.1. The Kier molecular flexibility index (Phi) is 3.80. The van der Waals surface area contributed by atoms with Crippen molar-refractivity contribution in [3.8, 4) is 0 Å². The first kappa shape index (κ1) is 13.9. The predicted octanol–water partition coefficient (Wildman–Crippen LogP) is 1.36. The van der Waals surface area contributed by atoms with Gasteiger partial charge in [0.2, 0.25) is 10.0 Å². The van der Waals surface area contributed by atoms with Gasteiger partial charge in [0.1, 0.15) is 0 Å². The highest BCUT2D eigenvalue weighted by Crippen LogP contribution is 2.24. The van der Waals surface area contributed by atoms with Crippen molar-refractivity contribution >= 4 is 21.6 Å². The number of anilines is 1. The maximum atomic E-state index is 11.9. The number of hydrogen-bond acceptors (Lipinski definition) is 3. The molecule has 1 aromatic carbocycles. The molecule has 0 spiro atoms. The van der Waals surface area contributed by atoms with E-state index >= 15 is 0 Å². The van der Waals surface area contributed by atoms with Crippen molar-refractivity contribution in [2.24, 2.45) is 0 Å².